The Morgan fingerprint density at radius 1 is 1.00 bits per heavy atom. The fraction of sp³-hybridized carbons (Fsp3) is 1.00. The standard InChI is InChI=1S/C15H30N2.ClH/c1-3-16(4-2)10-7-11-17-12-14-8-5-6-9-15(14)13-17;/h14-15H,3-13H2,1-2H3;1H. The van der Waals surface area contributed by atoms with Gasteiger partial charge < -0.3 is 9.80 Å². The molecule has 2 fully saturated rings. The van der Waals surface area contributed by atoms with Crippen LogP contribution in [0.2, 0.25) is 0 Å². The minimum atomic E-state index is 0. The zero-order chi connectivity index (χ0) is 12.1. The molecule has 0 aromatic carbocycles. The van der Waals surface area contributed by atoms with E-state index in [1.165, 1.54) is 71.4 Å². The lowest BCUT2D eigenvalue weighted by Crippen LogP contribution is -2.29. The Morgan fingerprint density at radius 3 is 2.06 bits per heavy atom. The minimum Gasteiger partial charge on any atom is -0.304 e. The van der Waals surface area contributed by atoms with Crippen LogP contribution in [0.25, 0.3) is 0 Å². The monoisotopic (exact) mass is 274 g/mol. The van der Waals surface area contributed by atoms with Gasteiger partial charge in [0.15, 0.2) is 0 Å². The molecule has 2 aliphatic rings. The topological polar surface area (TPSA) is 6.48 Å². The molecule has 0 radical (unpaired) electrons. The molecule has 2 atom stereocenters. The van der Waals surface area contributed by atoms with Crippen molar-refractivity contribution in [3.63, 3.8) is 0 Å². The fourth-order valence-electron chi connectivity index (χ4n) is 3.74. The number of nitrogens with zero attached hydrogens (tertiary/aromatic N) is 2. The number of halogens is 1. The quantitative estimate of drug-likeness (QED) is 0.734. The van der Waals surface area contributed by atoms with Crippen molar-refractivity contribution in [2.75, 3.05) is 39.3 Å². The van der Waals surface area contributed by atoms with E-state index >= 15 is 0 Å². The van der Waals surface area contributed by atoms with Crippen molar-refractivity contribution < 1.29 is 0 Å². The van der Waals surface area contributed by atoms with Gasteiger partial charge in [0.05, 0.1) is 0 Å². The highest BCUT2D eigenvalue weighted by molar-refractivity contribution is 5.85. The first-order valence-electron chi connectivity index (χ1n) is 7.78. The molecule has 3 heteroatoms. The lowest BCUT2D eigenvalue weighted by Gasteiger charge is -2.23. The third-order valence-electron chi connectivity index (χ3n) is 4.90. The third kappa shape index (κ3) is 4.40. The maximum Gasteiger partial charge on any atom is 0.00129 e. The van der Waals surface area contributed by atoms with Crippen molar-refractivity contribution >= 4 is 12.4 Å². The van der Waals surface area contributed by atoms with Crippen molar-refractivity contribution in [1.82, 2.24) is 9.80 Å². The van der Waals surface area contributed by atoms with Gasteiger partial charge in [0.1, 0.15) is 0 Å². The maximum absolute atomic E-state index is 2.74. The van der Waals surface area contributed by atoms with Crippen LogP contribution in [0.5, 0.6) is 0 Å². The van der Waals surface area contributed by atoms with E-state index in [1.807, 2.05) is 0 Å². The Bertz CT molecular complexity index is 205. The molecule has 1 saturated heterocycles. The number of fused-ring (bicyclic) bond motifs is 1. The average Bonchev–Trinajstić information content (AvgIpc) is 2.77. The van der Waals surface area contributed by atoms with Gasteiger partial charge in [0, 0.05) is 13.1 Å². The molecule has 0 aromatic rings. The second-order valence-electron chi connectivity index (χ2n) is 5.94. The second-order valence-corrected chi connectivity index (χ2v) is 5.94. The largest absolute Gasteiger partial charge is 0.304 e. The Morgan fingerprint density at radius 2 is 1.56 bits per heavy atom. The second kappa shape index (κ2) is 8.39. The predicted molar refractivity (Wildman–Crippen MR) is 81.5 cm³/mol. The van der Waals surface area contributed by atoms with Gasteiger partial charge in [-0.15, -0.1) is 12.4 Å². The number of rotatable bonds is 6. The molecule has 108 valence electrons. The molecule has 0 amide bonds. The van der Waals surface area contributed by atoms with Crippen LogP contribution in [0.15, 0.2) is 0 Å². The summed E-state index contributed by atoms with van der Waals surface area (Å²) >= 11 is 0. The summed E-state index contributed by atoms with van der Waals surface area (Å²) in [6, 6.07) is 0. The molecule has 0 spiro atoms. The molecule has 1 aliphatic carbocycles. The van der Waals surface area contributed by atoms with Crippen molar-refractivity contribution in [1.29, 1.82) is 0 Å². The van der Waals surface area contributed by atoms with Crippen molar-refractivity contribution in [2.45, 2.75) is 46.0 Å². The highest BCUT2D eigenvalue weighted by atomic mass is 35.5. The summed E-state index contributed by atoms with van der Waals surface area (Å²) in [7, 11) is 0. The van der Waals surface area contributed by atoms with Gasteiger partial charge in [-0.25, -0.2) is 0 Å². The fourth-order valence-corrected chi connectivity index (χ4v) is 3.74. The van der Waals surface area contributed by atoms with Crippen LogP contribution >= 0.6 is 12.4 Å². The first-order valence-corrected chi connectivity index (χ1v) is 7.78. The van der Waals surface area contributed by atoms with Gasteiger partial charge in [0.25, 0.3) is 0 Å². The summed E-state index contributed by atoms with van der Waals surface area (Å²) < 4.78 is 0. The van der Waals surface area contributed by atoms with Crippen LogP contribution in [-0.2, 0) is 0 Å². The van der Waals surface area contributed by atoms with E-state index in [1.54, 1.807) is 0 Å². The first kappa shape index (κ1) is 16.3. The van der Waals surface area contributed by atoms with Crippen LogP contribution in [0, 0.1) is 11.8 Å². The molecule has 0 bridgehead atoms. The molecule has 2 unspecified atom stereocenters. The molecule has 0 N–H and O–H groups in total. The Labute approximate surface area is 120 Å². The molecule has 1 saturated carbocycles. The smallest absolute Gasteiger partial charge is 0.00129 e. The molecule has 18 heavy (non-hydrogen) atoms. The van der Waals surface area contributed by atoms with E-state index < -0.39 is 0 Å². The van der Waals surface area contributed by atoms with Crippen molar-refractivity contribution in [3.05, 3.63) is 0 Å². The molecular formula is C15H31ClN2. The maximum atomic E-state index is 2.74. The normalized spacial score (nSPS) is 28.2. The van der Waals surface area contributed by atoms with Crippen molar-refractivity contribution in [2.24, 2.45) is 11.8 Å². The van der Waals surface area contributed by atoms with Crippen molar-refractivity contribution in [3.8, 4) is 0 Å². The van der Waals surface area contributed by atoms with E-state index in [9.17, 15) is 0 Å². The Hall–Kier alpha value is 0.210. The number of hydrogen-bond donors (Lipinski definition) is 0. The molecule has 2 nitrogen and oxygen atoms in total. The summed E-state index contributed by atoms with van der Waals surface area (Å²) in [5.41, 5.74) is 0. The summed E-state index contributed by atoms with van der Waals surface area (Å²) in [6.45, 7) is 12.4. The lowest BCUT2D eigenvalue weighted by atomic mass is 9.82. The summed E-state index contributed by atoms with van der Waals surface area (Å²) in [6.07, 6.45) is 7.37. The zero-order valence-corrected chi connectivity index (χ0v) is 13.1. The highest BCUT2D eigenvalue weighted by Crippen LogP contribution is 2.35. The predicted octanol–water partition coefficient (Wildman–Crippen LogP) is 3.26. The van der Waals surface area contributed by atoms with E-state index in [4.69, 9.17) is 0 Å². The molecular weight excluding hydrogens is 244 g/mol. The Kier molecular flexibility index (Phi) is 7.59. The highest BCUT2D eigenvalue weighted by Gasteiger charge is 2.33. The SMILES string of the molecule is CCN(CC)CCCN1CC2CCCCC2C1.Cl. The summed E-state index contributed by atoms with van der Waals surface area (Å²) in [4.78, 5) is 5.28. The number of likely N-dealkylation sites (tertiary alicyclic amines) is 1. The van der Waals surface area contributed by atoms with E-state index in [-0.39, 0.29) is 12.4 Å². The molecule has 1 aliphatic heterocycles. The zero-order valence-electron chi connectivity index (χ0n) is 12.2. The number of hydrogen-bond acceptors (Lipinski definition) is 2. The molecule has 1 heterocycles. The first-order chi connectivity index (χ1) is 8.33. The van der Waals surface area contributed by atoms with Gasteiger partial charge in [-0.1, -0.05) is 26.7 Å². The van der Waals surface area contributed by atoms with Gasteiger partial charge >= 0.3 is 0 Å². The lowest BCUT2D eigenvalue weighted by molar-refractivity contribution is 0.257. The van der Waals surface area contributed by atoms with Crippen LogP contribution < -0.4 is 0 Å². The summed E-state index contributed by atoms with van der Waals surface area (Å²) in [5.74, 6) is 2.11. The van der Waals surface area contributed by atoms with Gasteiger partial charge in [-0.2, -0.15) is 0 Å². The summed E-state index contributed by atoms with van der Waals surface area (Å²) in [5, 5.41) is 0. The average molecular weight is 275 g/mol. The van der Waals surface area contributed by atoms with Crippen LogP contribution in [-0.4, -0.2) is 49.1 Å². The molecule has 0 aromatic heterocycles. The van der Waals surface area contributed by atoms with Gasteiger partial charge in [-0.05, 0) is 57.3 Å². The van der Waals surface area contributed by atoms with E-state index in [2.05, 4.69) is 23.6 Å². The van der Waals surface area contributed by atoms with Gasteiger partial charge in [-0.3, -0.25) is 0 Å². The molecule has 2 rings (SSSR count). The van der Waals surface area contributed by atoms with Crippen LogP contribution in [0.4, 0.5) is 0 Å². The van der Waals surface area contributed by atoms with E-state index in [0.29, 0.717) is 0 Å². The van der Waals surface area contributed by atoms with Crippen LogP contribution in [0.1, 0.15) is 46.0 Å². The Balaban J connectivity index is 0.00000162. The van der Waals surface area contributed by atoms with E-state index in [0.717, 1.165) is 11.8 Å². The van der Waals surface area contributed by atoms with Crippen LogP contribution in [0.3, 0.4) is 0 Å². The minimum absolute atomic E-state index is 0. The van der Waals surface area contributed by atoms with Gasteiger partial charge in [0.2, 0.25) is 0 Å². The third-order valence-corrected chi connectivity index (χ3v) is 4.90.